The van der Waals surface area contributed by atoms with Gasteiger partial charge in [0, 0.05) is 16.7 Å². The SMILES string of the molecule is CC1(C)c2cc3cc(-c4cccc(-c5nc6ccccc6n5-c5ccccc5)c4)ccc3cc2-c2c1c1ccccc1c1ccccc21. The zero-order valence-corrected chi connectivity index (χ0v) is 26.9. The lowest BCUT2D eigenvalue weighted by Gasteiger charge is -2.24. The number of rotatable bonds is 3. The van der Waals surface area contributed by atoms with Crippen molar-refractivity contribution in [1.82, 2.24) is 9.55 Å². The highest BCUT2D eigenvalue weighted by molar-refractivity contribution is 6.19. The topological polar surface area (TPSA) is 17.8 Å². The maximum atomic E-state index is 5.13. The van der Waals surface area contributed by atoms with E-state index in [2.05, 4.69) is 176 Å². The largest absolute Gasteiger partial charge is 0.292 e. The predicted octanol–water partition coefficient (Wildman–Crippen LogP) is 12.1. The second kappa shape index (κ2) is 10.0. The van der Waals surface area contributed by atoms with Gasteiger partial charge in [0.2, 0.25) is 0 Å². The van der Waals surface area contributed by atoms with Gasteiger partial charge in [-0.1, -0.05) is 123 Å². The normalized spacial score (nSPS) is 13.4. The molecule has 9 aromatic rings. The van der Waals surface area contributed by atoms with Crippen molar-refractivity contribution in [2.75, 3.05) is 0 Å². The first kappa shape index (κ1) is 27.2. The summed E-state index contributed by atoms with van der Waals surface area (Å²) in [5, 5.41) is 7.89. The molecule has 0 spiro atoms. The Morgan fingerprint density at radius 3 is 2.00 bits per heavy atom. The number of para-hydroxylation sites is 3. The fourth-order valence-electron chi connectivity index (χ4n) is 8.30. The summed E-state index contributed by atoms with van der Waals surface area (Å²) in [6, 6.07) is 57.4. The van der Waals surface area contributed by atoms with Crippen LogP contribution in [0.2, 0.25) is 0 Å². The van der Waals surface area contributed by atoms with Gasteiger partial charge in [-0.05, 0) is 114 Å². The van der Waals surface area contributed by atoms with Gasteiger partial charge < -0.3 is 0 Å². The second-order valence-electron chi connectivity index (χ2n) is 13.6. The van der Waals surface area contributed by atoms with Gasteiger partial charge in [0.25, 0.3) is 0 Å². The monoisotopic (exact) mass is 612 g/mol. The lowest BCUT2D eigenvalue weighted by Crippen LogP contribution is -2.15. The van der Waals surface area contributed by atoms with Gasteiger partial charge in [-0.25, -0.2) is 4.98 Å². The van der Waals surface area contributed by atoms with Gasteiger partial charge in [0.05, 0.1) is 11.0 Å². The van der Waals surface area contributed by atoms with Crippen LogP contribution in [0.1, 0.15) is 25.0 Å². The van der Waals surface area contributed by atoms with E-state index in [4.69, 9.17) is 4.98 Å². The molecule has 0 amide bonds. The van der Waals surface area contributed by atoms with E-state index in [1.54, 1.807) is 0 Å². The summed E-state index contributed by atoms with van der Waals surface area (Å²) >= 11 is 0. The Balaban J connectivity index is 1.13. The molecule has 0 saturated heterocycles. The van der Waals surface area contributed by atoms with Crippen molar-refractivity contribution in [3.05, 3.63) is 169 Å². The quantitative estimate of drug-likeness (QED) is 0.182. The van der Waals surface area contributed by atoms with E-state index in [1.165, 1.54) is 65.7 Å². The highest BCUT2D eigenvalue weighted by Gasteiger charge is 2.38. The number of fused-ring (bicyclic) bond motifs is 10. The van der Waals surface area contributed by atoms with Crippen LogP contribution in [0.25, 0.3) is 82.7 Å². The molecule has 48 heavy (non-hydrogen) atoms. The molecular formula is C46H32N2. The first-order valence-corrected chi connectivity index (χ1v) is 16.7. The van der Waals surface area contributed by atoms with Gasteiger partial charge in [0.15, 0.2) is 0 Å². The van der Waals surface area contributed by atoms with Gasteiger partial charge >= 0.3 is 0 Å². The first-order valence-electron chi connectivity index (χ1n) is 16.7. The summed E-state index contributed by atoms with van der Waals surface area (Å²) in [6.07, 6.45) is 0. The molecule has 1 aliphatic rings. The Bertz CT molecular complexity index is 2750. The van der Waals surface area contributed by atoms with Crippen LogP contribution in [0.5, 0.6) is 0 Å². The Hall–Kier alpha value is -5.99. The Kier molecular flexibility index (Phi) is 5.66. The van der Waals surface area contributed by atoms with Gasteiger partial charge in [-0.2, -0.15) is 0 Å². The van der Waals surface area contributed by atoms with E-state index in [1.807, 2.05) is 0 Å². The molecule has 0 atom stereocenters. The third-order valence-corrected chi connectivity index (χ3v) is 10.5. The highest BCUT2D eigenvalue weighted by Crippen LogP contribution is 2.55. The fourth-order valence-corrected chi connectivity index (χ4v) is 8.30. The number of benzene rings is 8. The molecule has 0 N–H and O–H groups in total. The summed E-state index contributed by atoms with van der Waals surface area (Å²) in [6.45, 7) is 4.80. The van der Waals surface area contributed by atoms with Gasteiger partial charge in [-0.15, -0.1) is 0 Å². The predicted molar refractivity (Wildman–Crippen MR) is 202 cm³/mol. The molecule has 0 fully saturated rings. The van der Waals surface area contributed by atoms with Crippen molar-refractivity contribution >= 4 is 43.4 Å². The molecule has 8 aromatic carbocycles. The Morgan fingerprint density at radius 2 is 1.17 bits per heavy atom. The molecule has 10 rings (SSSR count). The second-order valence-corrected chi connectivity index (χ2v) is 13.6. The summed E-state index contributed by atoms with van der Waals surface area (Å²) < 4.78 is 2.27. The van der Waals surface area contributed by atoms with Crippen molar-refractivity contribution in [1.29, 1.82) is 0 Å². The molecule has 226 valence electrons. The smallest absolute Gasteiger partial charge is 0.145 e. The van der Waals surface area contributed by atoms with E-state index in [0.717, 1.165) is 28.1 Å². The molecular weight excluding hydrogens is 581 g/mol. The van der Waals surface area contributed by atoms with Crippen molar-refractivity contribution < 1.29 is 0 Å². The average Bonchev–Trinajstić information content (AvgIpc) is 3.64. The minimum atomic E-state index is -0.130. The van der Waals surface area contributed by atoms with E-state index < -0.39 is 0 Å². The Morgan fingerprint density at radius 1 is 0.500 bits per heavy atom. The molecule has 1 aromatic heterocycles. The van der Waals surface area contributed by atoms with Crippen LogP contribution in [-0.4, -0.2) is 9.55 Å². The molecule has 1 heterocycles. The minimum absolute atomic E-state index is 0.130. The van der Waals surface area contributed by atoms with Crippen LogP contribution in [0.15, 0.2) is 158 Å². The highest BCUT2D eigenvalue weighted by atomic mass is 15.1. The summed E-state index contributed by atoms with van der Waals surface area (Å²) in [4.78, 5) is 5.13. The molecule has 0 radical (unpaired) electrons. The molecule has 0 unspecified atom stereocenters. The molecule has 0 aliphatic heterocycles. The molecule has 0 bridgehead atoms. The average molecular weight is 613 g/mol. The molecule has 0 saturated carbocycles. The third-order valence-electron chi connectivity index (χ3n) is 10.5. The molecule has 1 aliphatic carbocycles. The number of aromatic nitrogens is 2. The van der Waals surface area contributed by atoms with Crippen LogP contribution >= 0.6 is 0 Å². The molecule has 2 heteroatoms. The number of imidazole rings is 1. The van der Waals surface area contributed by atoms with E-state index in [0.29, 0.717) is 0 Å². The fraction of sp³-hybridized carbons (Fsp3) is 0.0652. The lowest BCUT2D eigenvalue weighted by molar-refractivity contribution is 0.667. The van der Waals surface area contributed by atoms with E-state index >= 15 is 0 Å². The van der Waals surface area contributed by atoms with Crippen LogP contribution in [0.4, 0.5) is 0 Å². The third kappa shape index (κ3) is 3.83. The van der Waals surface area contributed by atoms with E-state index in [9.17, 15) is 0 Å². The minimum Gasteiger partial charge on any atom is -0.292 e. The zero-order chi connectivity index (χ0) is 32.0. The standard InChI is InChI=1S/C46H32N2/c1-46(2)40-28-33-26-30(23-24-31(33)27-39(40)43-37-19-8-6-17-35(37)36-18-7-9-20-38(36)44(43)46)29-13-12-14-32(25-29)45-47-41-21-10-11-22-42(41)48(45)34-15-4-3-5-16-34/h3-28H,1-2H3. The summed E-state index contributed by atoms with van der Waals surface area (Å²) in [5.41, 5.74) is 12.1. The van der Waals surface area contributed by atoms with Crippen molar-refractivity contribution in [2.45, 2.75) is 19.3 Å². The number of hydrogen-bond acceptors (Lipinski definition) is 1. The van der Waals surface area contributed by atoms with Crippen molar-refractivity contribution in [3.8, 4) is 39.3 Å². The summed E-state index contributed by atoms with van der Waals surface area (Å²) in [7, 11) is 0. The first-order chi connectivity index (χ1) is 23.6. The van der Waals surface area contributed by atoms with Crippen LogP contribution in [0, 0.1) is 0 Å². The van der Waals surface area contributed by atoms with Crippen LogP contribution in [-0.2, 0) is 5.41 Å². The lowest BCUT2D eigenvalue weighted by atomic mass is 9.79. The zero-order valence-electron chi connectivity index (χ0n) is 26.9. The Labute approximate surface area is 279 Å². The molecule has 2 nitrogen and oxygen atoms in total. The van der Waals surface area contributed by atoms with E-state index in [-0.39, 0.29) is 5.41 Å². The maximum Gasteiger partial charge on any atom is 0.145 e. The van der Waals surface area contributed by atoms with Crippen LogP contribution < -0.4 is 0 Å². The van der Waals surface area contributed by atoms with Crippen molar-refractivity contribution in [2.24, 2.45) is 0 Å². The maximum absolute atomic E-state index is 5.13. The van der Waals surface area contributed by atoms with Crippen molar-refractivity contribution in [3.63, 3.8) is 0 Å². The van der Waals surface area contributed by atoms with Gasteiger partial charge in [-0.3, -0.25) is 4.57 Å². The number of hydrogen-bond donors (Lipinski definition) is 0. The summed E-state index contributed by atoms with van der Waals surface area (Å²) in [5.74, 6) is 0.946. The number of nitrogens with zero attached hydrogens (tertiary/aromatic N) is 2. The van der Waals surface area contributed by atoms with Gasteiger partial charge in [0.1, 0.15) is 5.82 Å². The van der Waals surface area contributed by atoms with Crippen LogP contribution in [0.3, 0.4) is 0 Å².